The molecule has 1 aliphatic rings. The molecule has 5 rings (SSSR count). The zero-order chi connectivity index (χ0) is 19.1. The Bertz CT molecular complexity index is 1160. The van der Waals surface area contributed by atoms with Crippen molar-refractivity contribution in [2.75, 3.05) is 0 Å². The number of benzene rings is 1. The van der Waals surface area contributed by atoms with Crippen LogP contribution < -0.4 is 5.32 Å². The Morgan fingerprint density at radius 3 is 3.04 bits per heavy atom. The second kappa shape index (κ2) is 7.06. The fraction of sp³-hybridized carbons (Fsp3) is 0.316. The van der Waals surface area contributed by atoms with Gasteiger partial charge in [0.15, 0.2) is 5.82 Å². The number of carbonyl (C=O) groups excluding carboxylic acids is 1. The number of hydrogen-bond acceptors (Lipinski definition) is 7. The summed E-state index contributed by atoms with van der Waals surface area (Å²) < 4.78 is 3.17. The first-order chi connectivity index (χ1) is 13.7. The maximum absolute atomic E-state index is 12.7. The fourth-order valence-corrected chi connectivity index (χ4v) is 4.86. The van der Waals surface area contributed by atoms with Crippen LogP contribution in [0.25, 0.3) is 21.7 Å². The van der Waals surface area contributed by atoms with Gasteiger partial charge in [-0.3, -0.25) is 4.79 Å². The third-order valence-corrected chi connectivity index (χ3v) is 6.59. The number of carbonyl (C=O) groups is 1. The first kappa shape index (κ1) is 17.4. The normalized spacial score (nSPS) is 16.7. The molecule has 1 aromatic carbocycles. The number of nitrogens with zero attached hydrogens (tertiary/aromatic N) is 5. The second-order valence-corrected chi connectivity index (χ2v) is 8.82. The van der Waals surface area contributed by atoms with Gasteiger partial charge in [-0.15, -0.1) is 32.9 Å². The van der Waals surface area contributed by atoms with E-state index in [-0.39, 0.29) is 11.9 Å². The van der Waals surface area contributed by atoms with Crippen LogP contribution >= 0.6 is 22.7 Å². The van der Waals surface area contributed by atoms with Crippen molar-refractivity contribution in [3.05, 3.63) is 45.5 Å². The van der Waals surface area contributed by atoms with Crippen LogP contribution in [0.3, 0.4) is 0 Å². The zero-order valence-corrected chi connectivity index (χ0v) is 16.9. The van der Waals surface area contributed by atoms with Gasteiger partial charge in [-0.1, -0.05) is 0 Å². The number of amides is 1. The van der Waals surface area contributed by atoms with Crippen LogP contribution in [0.4, 0.5) is 0 Å². The Balaban J connectivity index is 1.30. The Morgan fingerprint density at radius 2 is 2.18 bits per heavy atom. The lowest BCUT2D eigenvalue weighted by atomic mass is 10.1. The molecule has 1 N–H and O–H groups in total. The molecule has 28 heavy (non-hydrogen) atoms. The minimum Gasteiger partial charge on any atom is -0.349 e. The van der Waals surface area contributed by atoms with Gasteiger partial charge in [0.05, 0.1) is 20.7 Å². The molecule has 0 bridgehead atoms. The van der Waals surface area contributed by atoms with E-state index in [2.05, 4.69) is 30.0 Å². The number of rotatable bonds is 3. The van der Waals surface area contributed by atoms with E-state index in [1.54, 1.807) is 28.2 Å². The molecule has 3 aromatic heterocycles. The monoisotopic (exact) mass is 410 g/mol. The van der Waals surface area contributed by atoms with Gasteiger partial charge in [0.25, 0.3) is 5.91 Å². The van der Waals surface area contributed by atoms with Crippen LogP contribution in [-0.2, 0) is 13.0 Å². The van der Waals surface area contributed by atoms with Gasteiger partial charge in [-0.05, 0) is 38.0 Å². The SMILES string of the molecule is Cc1nc(-c2nnc3n2CCC(NC(=O)c2ccc4ncsc4c2)CC3)cs1. The summed E-state index contributed by atoms with van der Waals surface area (Å²) in [6.07, 6.45) is 2.48. The average Bonchev–Trinajstić information content (AvgIpc) is 3.40. The van der Waals surface area contributed by atoms with Gasteiger partial charge in [0, 0.05) is 30.0 Å². The molecule has 1 unspecified atom stereocenters. The lowest BCUT2D eigenvalue weighted by Crippen LogP contribution is -2.35. The summed E-state index contributed by atoms with van der Waals surface area (Å²) in [5, 5.41) is 14.9. The van der Waals surface area contributed by atoms with Gasteiger partial charge in [0.1, 0.15) is 11.5 Å². The largest absolute Gasteiger partial charge is 0.349 e. The van der Waals surface area contributed by atoms with Crippen molar-refractivity contribution < 1.29 is 4.79 Å². The van der Waals surface area contributed by atoms with E-state index in [9.17, 15) is 4.79 Å². The van der Waals surface area contributed by atoms with Gasteiger partial charge in [0.2, 0.25) is 0 Å². The third kappa shape index (κ3) is 3.20. The van der Waals surface area contributed by atoms with Crippen molar-refractivity contribution in [3.8, 4) is 11.5 Å². The van der Waals surface area contributed by atoms with Crippen molar-refractivity contribution in [2.24, 2.45) is 0 Å². The molecular formula is C19H18N6OS2. The molecule has 1 atom stereocenters. The van der Waals surface area contributed by atoms with Gasteiger partial charge in [-0.25, -0.2) is 9.97 Å². The van der Waals surface area contributed by atoms with Gasteiger partial charge >= 0.3 is 0 Å². The smallest absolute Gasteiger partial charge is 0.251 e. The molecule has 4 aromatic rings. The van der Waals surface area contributed by atoms with Crippen molar-refractivity contribution in [2.45, 2.75) is 38.8 Å². The average molecular weight is 411 g/mol. The Hall–Kier alpha value is -2.65. The van der Waals surface area contributed by atoms with Crippen LogP contribution in [0, 0.1) is 6.92 Å². The molecule has 0 radical (unpaired) electrons. The zero-order valence-electron chi connectivity index (χ0n) is 15.3. The predicted octanol–water partition coefficient (Wildman–Crippen LogP) is 3.45. The maximum Gasteiger partial charge on any atom is 0.251 e. The summed E-state index contributed by atoms with van der Waals surface area (Å²) in [5.74, 6) is 1.75. The molecule has 0 spiro atoms. The highest BCUT2D eigenvalue weighted by molar-refractivity contribution is 7.16. The van der Waals surface area contributed by atoms with Crippen LogP contribution in [0.5, 0.6) is 0 Å². The summed E-state index contributed by atoms with van der Waals surface area (Å²) >= 11 is 3.16. The molecule has 7 nitrogen and oxygen atoms in total. The van der Waals surface area contributed by atoms with Crippen molar-refractivity contribution >= 4 is 38.8 Å². The second-order valence-electron chi connectivity index (χ2n) is 6.88. The van der Waals surface area contributed by atoms with Crippen LogP contribution in [0.1, 0.15) is 34.0 Å². The minimum absolute atomic E-state index is 0.0340. The van der Waals surface area contributed by atoms with Crippen molar-refractivity contribution in [1.82, 2.24) is 30.0 Å². The summed E-state index contributed by atoms with van der Waals surface area (Å²) in [6, 6.07) is 5.76. The summed E-state index contributed by atoms with van der Waals surface area (Å²) in [4.78, 5) is 21.5. The highest BCUT2D eigenvalue weighted by Crippen LogP contribution is 2.24. The number of hydrogen-bond donors (Lipinski definition) is 1. The van der Waals surface area contributed by atoms with E-state index in [1.165, 1.54) is 0 Å². The van der Waals surface area contributed by atoms with E-state index in [0.29, 0.717) is 5.56 Å². The first-order valence-electron chi connectivity index (χ1n) is 9.16. The van der Waals surface area contributed by atoms with Crippen LogP contribution in [0.2, 0.25) is 0 Å². The van der Waals surface area contributed by atoms with E-state index in [1.807, 2.05) is 30.5 Å². The number of nitrogens with one attached hydrogen (secondary N) is 1. The van der Waals surface area contributed by atoms with Crippen LogP contribution in [-0.4, -0.2) is 36.7 Å². The van der Waals surface area contributed by atoms with Gasteiger partial charge in [-0.2, -0.15) is 0 Å². The number of aryl methyl sites for hydroxylation is 2. The number of thiazole rings is 2. The van der Waals surface area contributed by atoms with E-state index in [0.717, 1.165) is 58.4 Å². The van der Waals surface area contributed by atoms with Crippen molar-refractivity contribution in [3.63, 3.8) is 0 Å². The molecule has 0 saturated carbocycles. The first-order valence-corrected chi connectivity index (χ1v) is 10.9. The minimum atomic E-state index is -0.0340. The van der Waals surface area contributed by atoms with Crippen LogP contribution in [0.15, 0.2) is 29.1 Å². The molecular weight excluding hydrogens is 392 g/mol. The van der Waals surface area contributed by atoms with E-state index >= 15 is 0 Å². The predicted molar refractivity (Wildman–Crippen MR) is 110 cm³/mol. The summed E-state index contributed by atoms with van der Waals surface area (Å²) in [7, 11) is 0. The van der Waals surface area contributed by atoms with Gasteiger partial charge < -0.3 is 9.88 Å². The molecule has 0 aliphatic carbocycles. The van der Waals surface area contributed by atoms with E-state index < -0.39 is 0 Å². The molecule has 0 saturated heterocycles. The molecule has 9 heteroatoms. The molecule has 1 aliphatic heterocycles. The molecule has 142 valence electrons. The highest BCUT2D eigenvalue weighted by atomic mass is 32.1. The summed E-state index contributed by atoms with van der Waals surface area (Å²) in [5.41, 5.74) is 4.29. The quantitative estimate of drug-likeness (QED) is 0.559. The third-order valence-electron chi connectivity index (χ3n) is 5.02. The highest BCUT2D eigenvalue weighted by Gasteiger charge is 2.23. The summed E-state index contributed by atoms with van der Waals surface area (Å²) in [6.45, 7) is 2.76. The lowest BCUT2D eigenvalue weighted by Gasteiger charge is -2.16. The topological polar surface area (TPSA) is 85.6 Å². The van der Waals surface area contributed by atoms with Crippen molar-refractivity contribution in [1.29, 1.82) is 0 Å². The Labute approximate surface area is 169 Å². The van der Waals surface area contributed by atoms with E-state index in [4.69, 9.17) is 0 Å². The molecule has 1 amide bonds. The number of aromatic nitrogens is 5. The Morgan fingerprint density at radius 1 is 1.25 bits per heavy atom. The molecule has 4 heterocycles. The molecule has 0 fully saturated rings. The maximum atomic E-state index is 12.7. The standard InChI is InChI=1S/C19H18N6OS2/c1-11-21-15(9-27-11)18-24-23-17-5-3-13(6-7-25(17)18)22-19(26)12-2-4-14-16(8-12)28-10-20-14/h2,4,8-10,13H,3,5-7H2,1H3,(H,22,26). The lowest BCUT2D eigenvalue weighted by molar-refractivity contribution is 0.0933. The number of fused-ring (bicyclic) bond motifs is 2. The Kier molecular flexibility index (Phi) is 4.40. The fourth-order valence-electron chi connectivity index (χ4n) is 3.55.